The lowest BCUT2D eigenvalue weighted by molar-refractivity contribution is -0.134. The molecule has 0 radical (unpaired) electrons. The smallest absolute Gasteiger partial charge is 0.328 e. The van der Waals surface area contributed by atoms with E-state index in [1.165, 1.54) is 12.0 Å². The van der Waals surface area contributed by atoms with Crippen LogP contribution in [0.2, 0.25) is 0 Å². The van der Waals surface area contributed by atoms with Gasteiger partial charge in [-0.2, -0.15) is 0 Å². The van der Waals surface area contributed by atoms with E-state index in [9.17, 15) is 9.59 Å². The number of ether oxygens (including phenoxy) is 1. The Balaban J connectivity index is 0.000000387. The van der Waals surface area contributed by atoms with Gasteiger partial charge in [-0.1, -0.05) is 32.0 Å². The zero-order valence-electron chi connectivity index (χ0n) is 16.2. The summed E-state index contributed by atoms with van der Waals surface area (Å²) in [6.07, 6.45) is 2.37. The molecule has 3 N–H and O–H groups in total. The van der Waals surface area contributed by atoms with Crippen molar-refractivity contribution >= 4 is 11.9 Å². The second-order valence-electron chi connectivity index (χ2n) is 6.79. The Bertz CT molecular complexity index is 609. The van der Waals surface area contributed by atoms with E-state index in [1.54, 1.807) is 7.11 Å². The number of benzene rings is 1. The van der Waals surface area contributed by atoms with E-state index >= 15 is 0 Å². The van der Waals surface area contributed by atoms with Crippen LogP contribution < -0.4 is 10.1 Å². The Kier molecular flexibility index (Phi) is 10.1. The highest BCUT2D eigenvalue weighted by Gasteiger charge is 2.23. The molecule has 1 saturated heterocycles. The van der Waals surface area contributed by atoms with Crippen molar-refractivity contribution in [1.82, 2.24) is 10.2 Å². The number of carbonyl (C=O) groups is 2. The zero-order valence-corrected chi connectivity index (χ0v) is 16.2. The Labute approximate surface area is 160 Å². The number of hydrogen-bond acceptors (Lipinski definition) is 5. The number of carboxylic acids is 2. The van der Waals surface area contributed by atoms with Crippen molar-refractivity contribution in [2.75, 3.05) is 26.7 Å². The fourth-order valence-corrected chi connectivity index (χ4v) is 2.96. The molecular weight excluding hydrogens is 348 g/mol. The highest BCUT2D eigenvalue weighted by Crippen LogP contribution is 2.22. The van der Waals surface area contributed by atoms with Gasteiger partial charge in [0, 0.05) is 43.4 Å². The number of para-hydroxylation sites is 1. The lowest BCUT2D eigenvalue weighted by Gasteiger charge is -2.30. The van der Waals surface area contributed by atoms with Crippen molar-refractivity contribution in [2.45, 2.75) is 32.9 Å². The van der Waals surface area contributed by atoms with Crippen molar-refractivity contribution in [3.05, 3.63) is 42.0 Å². The monoisotopic (exact) mass is 378 g/mol. The number of aliphatic carboxylic acids is 2. The molecule has 150 valence electrons. The summed E-state index contributed by atoms with van der Waals surface area (Å²) in [5, 5.41) is 19.1. The summed E-state index contributed by atoms with van der Waals surface area (Å²) in [6, 6.07) is 9.02. The molecule has 1 atom stereocenters. The third-order valence-electron chi connectivity index (χ3n) is 4.08. The molecule has 0 spiro atoms. The molecule has 0 aromatic heterocycles. The zero-order chi connectivity index (χ0) is 20.2. The van der Waals surface area contributed by atoms with Gasteiger partial charge in [0.2, 0.25) is 0 Å². The van der Waals surface area contributed by atoms with Gasteiger partial charge in [0.15, 0.2) is 0 Å². The Morgan fingerprint density at radius 1 is 1.26 bits per heavy atom. The topological polar surface area (TPSA) is 99.1 Å². The summed E-state index contributed by atoms with van der Waals surface area (Å²) in [6.45, 7) is 8.96. The number of hydrogen-bond donors (Lipinski definition) is 3. The maximum atomic E-state index is 9.55. The van der Waals surface area contributed by atoms with Gasteiger partial charge in [0.25, 0.3) is 0 Å². The van der Waals surface area contributed by atoms with Gasteiger partial charge in [-0.05, 0) is 24.9 Å². The highest BCUT2D eigenvalue weighted by atomic mass is 16.5. The maximum Gasteiger partial charge on any atom is 0.328 e. The Morgan fingerprint density at radius 3 is 2.37 bits per heavy atom. The molecule has 1 aliphatic rings. The minimum Gasteiger partial charge on any atom is -0.496 e. The summed E-state index contributed by atoms with van der Waals surface area (Å²) in [7, 11) is 1.75. The van der Waals surface area contributed by atoms with Crippen LogP contribution in [0, 0.1) is 5.92 Å². The minimum atomic E-state index is -1.26. The van der Waals surface area contributed by atoms with Crippen molar-refractivity contribution in [2.24, 2.45) is 5.92 Å². The quantitative estimate of drug-likeness (QED) is 0.597. The SMILES string of the molecule is COc1ccccc1CN(CC(C)C)[C@H]1CCNC1.O=C(O)/C=C/C(=O)O. The van der Waals surface area contributed by atoms with E-state index in [4.69, 9.17) is 14.9 Å². The number of methoxy groups -OCH3 is 1. The summed E-state index contributed by atoms with van der Waals surface area (Å²) in [5.41, 5.74) is 1.29. The van der Waals surface area contributed by atoms with E-state index in [0.717, 1.165) is 31.9 Å². The van der Waals surface area contributed by atoms with E-state index in [0.29, 0.717) is 24.1 Å². The van der Waals surface area contributed by atoms with Gasteiger partial charge in [-0.3, -0.25) is 4.90 Å². The number of nitrogens with zero attached hydrogens (tertiary/aromatic N) is 1. The highest BCUT2D eigenvalue weighted by molar-refractivity contribution is 5.89. The first kappa shape index (κ1) is 22.7. The Morgan fingerprint density at radius 2 is 1.89 bits per heavy atom. The Hall–Kier alpha value is -2.38. The van der Waals surface area contributed by atoms with Crippen LogP contribution in [0.15, 0.2) is 36.4 Å². The first-order chi connectivity index (χ1) is 12.8. The van der Waals surface area contributed by atoms with Crippen LogP contribution in [-0.4, -0.2) is 59.8 Å². The fourth-order valence-electron chi connectivity index (χ4n) is 2.96. The largest absolute Gasteiger partial charge is 0.496 e. The predicted molar refractivity (Wildman–Crippen MR) is 104 cm³/mol. The molecule has 7 heteroatoms. The van der Waals surface area contributed by atoms with Gasteiger partial charge < -0.3 is 20.3 Å². The number of rotatable bonds is 8. The molecule has 1 aliphatic heterocycles. The standard InChI is InChI=1S/C16H26N2O.C4H4O4/c1-13(2)11-18(15-8-9-17-10-15)12-14-6-4-5-7-16(14)19-3;5-3(6)1-2-4(7)8/h4-7,13,15,17H,8-12H2,1-3H3;1-2H,(H,5,6)(H,7,8)/b;2-1+/t15-;/m0./s1. The van der Waals surface area contributed by atoms with Crippen LogP contribution in [0.4, 0.5) is 0 Å². The van der Waals surface area contributed by atoms with Gasteiger partial charge in [-0.25, -0.2) is 9.59 Å². The molecule has 0 unspecified atom stereocenters. The van der Waals surface area contributed by atoms with Crippen molar-refractivity contribution in [1.29, 1.82) is 0 Å². The fraction of sp³-hybridized carbons (Fsp3) is 0.500. The average Bonchev–Trinajstić information content (AvgIpc) is 3.14. The van der Waals surface area contributed by atoms with Crippen LogP contribution >= 0.6 is 0 Å². The van der Waals surface area contributed by atoms with Crippen LogP contribution in [-0.2, 0) is 16.1 Å². The third-order valence-corrected chi connectivity index (χ3v) is 4.08. The number of nitrogens with one attached hydrogen (secondary N) is 1. The molecule has 1 fully saturated rings. The first-order valence-electron chi connectivity index (χ1n) is 9.04. The van der Waals surface area contributed by atoms with E-state index in [1.807, 2.05) is 6.07 Å². The molecule has 0 bridgehead atoms. The minimum absolute atomic E-state index is 0.558. The molecular formula is C20H30N2O5. The van der Waals surface area contributed by atoms with Crippen LogP contribution in [0.5, 0.6) is 5.75 Å². The van der Waals surface area contributed by atoms with Crippen LogP contribution in [0.1, 0.15) is 25.8 Å². The van der Waals surface area contributed by atoms with E-state index < -0.39 is 11.9 Å². The molecule has 1 aromatic carbocycles. The van der Waals surface area contributed by atoms with E-state index in [-0.39, 0.29) is 0 Å². The van der Waals surface area contributed by atoms with Crippen LogP contribution in [0.3, 0.4) is 0 Å². The third kappa shape index (κ3) is 9.21. The molecule has 27 heavy (non-hydrogen) atoms. The summed E-state index contributed by atoms with van der Waals surface area (Å²) in [5.74, 6) is -0.822. The van der Waals surface area contributed by atoms with Crippen molar-refractivity contribution in [3.8, 4) is 5.75 Å². The van der Waals surface area contributed by atoms with E-state index in [2.05, 4.69) is 42.3 Å². The lowest BCUT2D eigenvalue weighted by Crippen LogP contribution is -2.38. The summed E-state index contributed by atoms with van der Waals surface area (Å²) >= 11 is 0. The lowest BCUT2D eigenvalue weighted by atomic mass is 10.1. The van der Waals surface area contributed by atoms with Gasteiger partial charge in [0.1, 0.15) is 5.75 Å². The second-order valence-corrected chi connectivity index (χ2v) is 6.79. The summed E-state index contributed by atoms with van der Waals surface area (Å²) < 4.78 is 5.47. The normalized spacial score (nSPS) is 16.4. The molecule has 0 saturated carbocycles. The molecule has 1 aromatic rings. The van der Waals surface area contributed by atoms with Gasteiger partial charge in [0.05, 0.1) is 7.11 Å². The van der Waals surface area contributed by atoms with Gasteiger partial charge >= 0.3 is 11.9 Å². The first-order valence-corrected chi connectivity index (χ1v) is 9.04. The molecule has 0 aliphatic carbocycles. The van der Waals surface area contributed by atoms with Crippen molar-refractivity contribution < 1.29 is 24.5 Å². The van der Waals surface area contributed by atoms with Crippen molar-refractivity contribution in [3.63, 3.8) is 0 Å². The maximum absolute atomic E-state index is 9.55. The predicted octanol–water partition coefficient (Wildman–Crippen LogP) is 2.23. The average molecular weight is 378 g/mol. The molecule has 0 amide bonds. The molecule has 2 rings (SSSR count). The molecule has 1 heterocycles. The second kappa shape index (κ2) is 12.1. The molecule has 7 nitrogen and oxygen atoms in total. The van der Waals surface area contributed by atoms with Crippen LogP contribution in [0.25, 0.3) is 0 Å². The summed E-state index contributed by atoms with van der Waals surface area (Å²) in [4.78, 5) is 21.7. The van der Waals surface area contributed by atoms with Gasteiger partial charge in [-0.15, -0.1) is 0 Å². The number of carboxylic acid groups (broad SMARTS) is 2.